The van der Waals surface area contributed by atoms with Crippen LogP contribution in [0.3, 0.4) is 0 Å². The van der Waals surface area contributed by atoms with Gasteiger partial charge in [0, 0.05) is 10.9 Å². The third-order valence-electron chi connectivity index (χ3n) is 3.48. The number of hydrazone groups is 1. The molecule has 0 saturated heterocycles. The van der Waals surface area contributed by atoms with E-state index in [0.717, 1.165) is 17.7 Å². The van der Waals surface area contributed by atoms with Crippen molar-refractivity contribution in [3.63, 3.8) is 0 Å². The summed E-state index contributed by atoms with van der Waals surface area (Å²) in [6.07, 6.45) is 6.38. The smallest absolute Gasteiger partial charge is 0.246 e. The van der Waals surface area contributed by atoms with Gasteiger partial charge in [-0.15, -0.1) is 11.3 Å². The van der Waals surface area contributed by atoms with Crippen molar-refractivity contribution < 1.29 is 9.53 Å². The lowest BCUT2D eigenvalue weighted by atomic mass is 10.2. The van der Waals surface area contributed by atoms with Crippen LogP contribution in [-0.4, -0.2) is 23.7 Å². The van der Waals surface area contributed by atoms with Crippen molar-refractivity contribution in [2.45, 2.75) is 39.0 Å². The minimum Gasteiger partial charge on any atom is -0.493 e. The summed E-state index contributed by atoms with van der Waals surface area (Å²) in [6, 6.07) is 7.63. The highest BCUT2D eigenvalue weighted by molar-refractivity contribution is 7.13. The summed E-state index contributed by atoms with van der Waals surface area (Å²) < 4.78 is 5.81. The van der Waals surface area contributed by atoms with Crippen LogP contribution in [0.2, 0.25) is 0 Å². The van der Waals surface area contributed by atoms with Gasteiger partial charge < -0.3 is 10.5 Å². The van der Waals surface area contributed by atoms with Crippen molar-refractivity contribution in [1.29, 1.82) is 0 Å². The van der Waals surface area contributed by atoms with Crippen molar-refractivity contribution in [3.8, 4) is 5.75 Å². The molecule has 134 valence electrons. The van der Waals surface area contributed by atoms with E-state index < -0.39 is 0 Å². The van der Waals surface area contributed by atoms with Crippen LogP contribution in [0.4, 0.5) is 5.13 Å². The van der Waals surface area contributed by atoms with E-state index in [0.29, 0.717) is 17.4 Å². The van der Waals surface area contributed by atoms with Gasteiger partial charge in [-0.05, 0) is 18.6 Å². The van der Waals surface area contributed by atoms with Crippen molar-refractivity contribution in [3.05, 3.63) is 40.9 Å². The van der Waals surface area contributed by atoms with Crippen LogP contribution >= 0.6 is 11.3 Å². The minimum atomic E-state index is -0.237. The molecule has 0 fully saturated rings. The summed E-state index contributed by atoms with van der Waals surface area (Å²) in [5.74, 6) is 0.531. The number of thiazole rings is 1. The zero-order chi connectivity index (χ0) is 17.9. The van der Waals surface area contributed by atoms with Crippen LogP contribution < -0.4 is 15.9 Å². The second-order valence-corrected chi connectivity index (χ2v) is 6.48. The molecule has 0 saturated carbocycles. The number of rotatable bonds is 10. The number of amides is 1. The molecule has 25 heavy (non-hydrogen) atoms. The van der Waals surface area contributed by atoms with Gasteiger partial charge >= 0.3 is 0 Å². The molecule has 2 rings (SSSR count). The van der Waals surface area contributed by atoms with Gasteiger partial charge in [-0.25, -0.2) is 10.4 Å². The lowest BCUT2D eigenvalue weighted by Gasteiger charge is -2.08. The van der Waals surface area contributed by atoms with Gasteiger partial charge in [0.1, 0.15) is 5.75 Å². The van der Waals surface area contributed by atoms with Gasteiger partial charge in [-0.3, -0.25) is 4.79 Å². The predicted octanol–water partition coefficient (Wildman–Crippen LogP) is 3.38. The van der Waals surface area contributed by atoms with Crippen molar-refractivity contribution in [1.82, 2.24) is 10.4 Å². The molecule has 1 heterocycles. The number of nitrogens with two attached hydrogens (primary N) is 1. The minimum absolute atomic E-state index is 0.153. The molecule has 0 bridgehead atoms. The molecule has 6 nitrogen and oxygen atoms in total. The maximum Gasteiger partial charge on any atom is 0.246 e. The maximum absolute atomic E-state index is 11.8. The zero-order valence-corrected chi connectivity index (χ0v) is 15.2. The van der Waals surface area contributed by atoms with E-state index in [1.165, 1.54) is 30.6 Å². The summed E-state index contributed by atoms with van der Waals surface area (Å²) >= 11 is 1.31. The SMILES string of the molecule is CCCCCCOc1ccccc1/C=N/NC(=O)Cc1csc(N)n1. The van der Waals surface area contributed by atoms with E-state index in [1.807, 2.05) is 24.3 Å². The van der Waals surface area contributed by atoms with Crippen LogP contribution in [0.1, 0.15) is 43.9 Å². The number of anilines is 1. The molecule has 0 aliphatic carbocycles. The Morgan fingerprint density at radius 3 is 2.96 bits per heavy atom. The molecule has 7 heteroatoms. The Kier molecular flexibility index (Phi) is 7.91. The fourth-order valence-electron chi connectivity index (χ4n) is 2.21. The number of para-hydroxylation sites is 1. The van der Waals surface area contributed by atoms with E-state index >= 15 is 0 Å². The fourth-order valence-corrected chi connectivity index (χ4v) is 2.77. The molecular formula is C18H24N4O2S. The van der Waals surface area contributed by atoms with Crippen LogP contribution in [0.15, 0.2) is 34.7 Å². The van der Waals surface area contributed by atoms with Crippen molar-refractivity contribution in [2.24, 2.45) is 5.10 Å². The number of hydrogen-bond donors (Lipinski definition) is 2. The van der Waals surface area contributed by atoms with E-state index in [-0.39, 0.29) is 12.3 Å². The molecule has 3 N–H and O–H groups in total. The molecule has 1 amide bonds. The number of aromatic nitrogens is 1. The Morgan fingerprint density at radius 1 is 1.36 bits per heavy atom. The number of hydrogen-bond acceptors (Lipinski definition) is 6. The first kappa shape index (κ1) is 18.9. The first-order valence-electron chi connectivity index (χ1n) is 8.42. The average molecular weight is 360 g/mol. The molecular weight excluding hydrogens is 336 g/mol. The number of unbranched alkanes of at least 4 members (excludes halogenated alkanes) is 3. The lowest BCUT2D eigenvalue weighted by Crippen LogP contribution is -2.20. The normalized spacial score (nSPS) is 10.9. The van der Waals surface area contributed by atoms with Gasteiger partial charge in [0.15, 0.2) is 5.13 Å². The highest BCUT2D eigenvalue weighted by Crippen LogP contribution is 2.16. The summed E-state index contributed by atoms with van der Waals surface area (Å²) in [4.78, 5) is 15.9. The number of nitrogen functional groups attached to an aromatic ring is 1. The second kappa shape index (κ2) is 10.5. The van der Waals surface area contributed by atoms with Crippen LogP contribution in [-0.2, 0) is 11.2 Å². The van der Waals surface area contributed by atoms with E-state index in [1.54, 1.807) is 11.6 Å². The Balaban J connectivity index is 1.82. The highest BCUT2D eigenvalue weighted by atomic mass is 32.1. The molecule has 0 radical (unpaired) electrons. The number of ether oxygens (including phenoxy) is 1. The van der Waals surface area contributed by atoms with Crippen LogP contribution in [0, 0.1) is 0 Å². The van der Waals surface area contributed by atoms with E-state index in [4.69, 9.17) is 10.5 Å². The van der Waals surface area contributed by atoms with Gasteiger partial charge in [0.25, 0.3) is 0 Å². The molecule has 1 aromatic carbocycles. The maximum atomic E-state index is 11.8. The molecule has 1 aromatic heterocycles. The first-order chi connectivity index (χ1) is 12.2. The number of carbonyl (C=O) groups excluding carboxylic acids is 1. The first-order valence-corrected chi connectivity index (χ1v) is 9.30. The second-order valence-electron chi connectivity index (χ2n) is 5.59. The van der Waals surface area contributed by atoms with Gasteiger partial charge in [0.2, 0.25) is 5.91 Å². The quantitative estimate of drug-likeness (QED) is 0.386. The monoisotopic (exact) mass is 360 g/mol. The zero-order valence-electron chi connectivity index (χ0n) is 14.4. The fraction of sp³-hybridized carbons (Fsp3) is 0.389. The summed E-state index contributed by atoms with van der Waals surface area (Å²) in [5, 5.41) is 6.22. The summed E-state index contributed by atoms with van der Waals surface area (Å²) in [7, 11) is 0. The van der Waals surface area contributed by atoms with Crippen molar-refractivity contribution in [2.75, 3.05) is 12.3 Å². The lowest BCUT2D eigenvalue weighted by molar-refractivity contribution is -0.120. The number of benzene rings is 1. The summed E-state index contributed by atoms with van der Waals surface area (Å²) in [5.41, 5.74) is 9.52. The standard InChI is InChI=1S/C18H24N4O2S/c1-2-3-4-7-10-24-16-9-6-5-8-14(16)12-20-22-17(23)11-15-13-25-18(19)21-15/h5-6,8-9,12-13H,2-4,7,10-11H2,1H3,(H2,19,21)(H,22,23)/b20-12+. The third kappa shape index (κ3) is 6.93. The Hall–Kier alpha value is -2.41. The average Bonchev–Trinajstić information content (AvgIpc) is 3.00. The molecule has 0 aliphatic heterocycles. The van der Waals surface area contributed by atoms with Crippen LogP contribution in [0.25, 0.3) is 0 Å². The topological polar surface area (TPSA) is 89.6 Å². The molecule has 0 spiro atoms. The number of nitrogens with zero attached hydrogens (tertiary/aromatic N) is 2. The van der Waals surface area contributed by atoms with Gasteiger partial charge in [-0.2, -0.15) is 5.10 Å². The number of carbonyl (C=O) groups is 1. The van der Waals surface area contributed by atoms with Crippen molar-refractivity contribution >= 4 is 28.6 Å². The molecule has 0 aliphatic rings. The van der Waals surface area contributed by atoms with Gasteiger partial charge in [-0.1, -0.05) is 38.3 Å². The van der Waals surface area contributed by atoms with Gasteiger partial charge in [0.05, 0.1) is 24.9 Å². The Morgan fingerprint density at radius 2 is 2.20 bits per heavy atom. The number of nitrogens with one attached hydrogen (secondary N) is 1. The third-order valence-corrected chi connectivity index (χ3v) is 4.20. The molecule has 0 atom stereocenters. The van der Waals surface area contributed by atoms with E-state index in [9.17, 15) is 4.79 Å². The summed E-state index contributed by atoms with van der Waals surface area (Å²) in [6.45, 7) is 2.87. The van der Waals surface area contributed by atoms with Crippen LogP contribution in [0.5, 0.6) is 5.75 Å². The largest absolute Gasteiger partial charge is 0.493 e. The highest BCUT2D eigenvalue weighted by Gasteiger charge is 2.06. The molecule has 0 unspecified atom stereocenters. The molecule has 2 aromatic rings. The Labute approximate surface area is 152 Å². The van der Waals surface area contributed by atoms with E-state index in [2.05, 4.69) is 22.4 Å². The predicted molar refractivity (Wildman–Crippen MR) is 102 cm³/mol. The Bertz CT molecular complexity index is 700.